The molecule has 48 heavy (non-hydrogen) atoms. The molecule has 4 rings (SSSR count). The summed E-state index contributed by atoms with van der Waals surface area (Å²) < 4.78 is 173. The average Bonchev–Trinajstić information content (AvgIpc) is 3.05. The third-order valence-electron chi connectivity index (χ3n) is 5.96. The number of rotatable bonds is 17. The van der Waals surface area contributed by atoms with E-state index in [-0.39, 0.29) is 23.0 Å². The van der Waals surface area contributed by atoms with E-state index in [0.29, 0.717) is 0 Å². The van der Waals surface area contributed by atoms with Crippen LogP contribution in [-0.4, -0.2) is 36.9 Å². The van der Waals surface area contributed by atoms with Crippen molar-refractivity contribution < 1.29 is 71.4 Å². The summed E-state index contributed by atoms with van der Waals surface area (Å²) in [5.74, 6) is -27.5. The number of phosphoric acid groups is 2. The molecule has 0 aromatic heterocycles. The van der Waals surface area contributed by atoms with Gasteiger partial charge in [0.1, 0.15) is 36.2 Å². The molecule has 0 unspecified atom stereocenters. The van der Waals surface area contributed by atoms with Gasteiger partial charge in [0, 0.05) is 0 Å². The highest BCUT2D eigenvalue weighted by atomic mass is 31.2. The SMILES string of the molecule is O=P(OCC(F)(F)C(F)(F)C(F)(F)C(F)(F)COP(=O)(Oc1ccccc1)Oc1ccccc1)(Oc1ccccc1)Oc1ccccc1. The van der Waals surface area contributed by atoms with Crippen molar-refractivity contribution >= 4 is 15.6 Å². The van der Waals surface area contributed by atoms with Crippen LogP contribution in [-0.2, 0) is 18.2 Å². The van der Waals surface area contributed by atoms with Crippen molar-refractivity contribution in [3.63, 3.8) is 0 Å². The van der Waals surface area contributed by atoms with Gasteiger partial charge in [-0.05, 0) is 48.5 Å². The third kappa shape index (κ3) is 8.87. The Morgan fingerprint density at radius 2 is 0.604 bits per heavy atom. The van der Waals surface area contributed by atoms with Crippen molar-refractivity contribution in [1.29, 1.82) is 0 Å². The Morgan fingerprint density at radius 1 is 0.396 bits per heavy atom. The van der Waals surface area contributed by atoms with Crippen LogP contribution in [0.15, 0.2) is 121 Å². The largest absolute Gasteiger partial charge is 0.587 e. The summed E-state index contributed by atoms with van der Waals surface area (Å²) in [4.78, 5) is 0. The lowest BCUT2D eigenvalue weighted by atomic mass is 9.99. The maximum Gasteiger partial charge on any atom is 0.587 e. The Bertz CT molecular complexity index is 1490. The molecule has 0 saturated carbocycles. The Balaban J connectivity index is 1.54. The van der Waals surface area contributed by atoms with E-state index >= 15 is 0 Å². The first-order valence-electron chi connectivity index (χ1n) is 13.5. The first-order valence-corrected chi connectivity index (χ1v) is 16.4. The summed E-state index contributed by atoms with van der Waals surface area (Å²) in [5.41, 5.74) is 0. The second kappa shape index (κ2) is 14.6. The summed E-state index contributed by atoms with van der Waals surface area (Å²) >= 11 is 0. The maximum atomic E-state index is 14.8. The third-order valence-corrected chi connectivity index (χ3v) is 8.59. The van der Waals surface area contributed by atoms with Gasteiger partial charge in [0.05, 0.1) is 0 Å². The zero-order chi connectivity index (χ0) is 35.1. The molecule has 8 nitrogen and oxygen atoms in total. The van der Waals surface area contributed by atoms with Crippen LogP contribution in [0.1, 0.15) is 0 Å². The fourth-order valence-electron chi connectivity index (χ4n) is 3.55. The van der Waals surface area contributed by atoms with Crippen LogP contribution in [0.4, 0.5) is 35.1 Å². The minimum atomic E-state index is -6.91. The number of halogens is 8. The van der Waals surface area contributed by atoms with E-state index in [1.807, 2.05) is 0 Å². The van der Waals surface area contributed by atoms with Gasteiger partial charge in [-0.25, -0.2) is 9.13 Å². The highest BCUT2D eigenvalue weighted by Gasteiger charge is 2.81. The van der Waals surface area contributed by atoms with Crippen molar-refractivity contribution in [3.8, 4) is 23.0 Å². The molecule has 0 spiro atoms. The van der Waals surface area contributed by atoms with E-state index in [2.05, 4.69) is 9.05 Å². The summed E-state index contributed by atoms with van der Waals surface area (Å²) in [6.45, 7) is -5.70. The molecule has 0 saturated heterocycles. The fraction of sp³-hybridized carbons (Fsp3) is 0.200. The lowest BCUT2D eigenvalue weighted by Crippen LogP contribution is -2.64. The quantitative estimate of drug-likeness (QED) is 0.0785. The Kier molecular flexibility index (Phi) is 11.1. The van der Waals surface area contributed by atoms with Gasteiger partial charge in [-0.2, -0.15) is 35.1 Å². The molecular formula is C30H24F8O8P2. The normalized spacial score (nSPS) is 13.1. The smallest absolute Gasteiger partial charge is 0.395 e. The number of hydrogen-bond donors (Lipinski definition) is 0. The number of phosphoric ester groups is 2. The van der Waals surface area contributed by atoms with Crippen molar-refractivity contribution in [2.75, 3.05) is 13.2 Å². The Hall–Kier alpha value is -4.10. The molecule has 0 N–H and O–H groups in total. The van der Waals surface area contributed by atoms with Crippen molar-refractivity contribution in [2.45, 2.75) is 23.7 Å². The lowest BCUT2D eigenvalue weighted by Gasteiger charge is -2.36. The summed E-state index contributed by atoms with van der Waals surface area (Å²) in [7, 11) is -10.7. The van der Waals surface area contributed by atoms with E-state index in [1.54, 1.807) is 0 Å². The molecule has 0 atom stereocenters. The van der Waals surface area contributed by atoms with Crippen LogP contribution in [0, 0.1) is 0 Å². The molecular weight excluding hydrogens is 702 g/mol. The fourth-order valence-corrected chi connectivity index (χ4v) is 5.99. The topological polar surface area (TPSA) is 89.5 Å². The van der Waals surface area contributed by atoms with E-state index in [4.69, 9.17) is 18.1 Å². The number of benzene rings is 4. The highest BCUT2D eigenvalue weighted by Crippen LogP contribution is 2.57. The molecule has 0 heterocycles. The average molecular weight is 726 g/mol. The summed E-state index contributed by atoms with van der Waals surface area (Å²) in [6.07, 6.45) is 0. The van der Waals surface area contributed by atoms with Gasteiger partial charge < -0.3 is 18.1 Å². The minimum Gasteiger partial charge on any atom is -0.395 e. The number of hydrogen-bond acceptors (Lipinski definition) is 8. The second-order valence-corrected chi connectivity index (χ2v) is 12.7. The van der Waals surface area contributed by atoms with Crippen LogP contribution >= 0.6 is 15.6 Å². The van der Waals surface area contributed by atoms with E-state index in [0.717, 1.165) is 48.5 Å². The Labute approximate surface area is 268 Å². The molecule has 0 aliphatic carbocycles. The van der Waals surface area contributed by atoms with Crippen LogP contribution in [0.5, 0.6) is 23.0 Å². The van der Waals surface area contributed by atoms with Crippen LogP contribution in [0.25, 0.3) is 0 Å². The lowest BCUT2D eigenvalue weighted by molar-refractivity contribution is -0.372. The van der Waals surface area contributed by atoms with Crippen molar-refractivity contribution in [1.82, 2.24) is 0 Å². The molecule has 0 aliphatic heterocycles. The predicted molar refractivity (Wildman–Crippen MR) is 155 cm³/mol. The molecule has 0 amide bonds. The standard InChI is InChI=1S/C30H24F8O8P2/c31-27(32,21-41-47(39,43-23-13-5-1-6-14-23)44-24-15-7-2-8-16-24)29(35,36)30(37,38)28(33,34)22-42-48(40,45-25-17-9-3-10-18-25)46-26-19-11-4-12-20-26/h1-20H,21-22H2. The summed E-state index contributed by atoms with van der Waals surface area (Å²) in [5, 5.41) is 0. The highest BCUT2D eigenvalue weighted by molar-refractivity contribution is 7.49. The monoisotopic (exact) mass is 726 g/mol. The molecule has 258 valence electrons. The van der Waals surface area contributed by atoms with Gasteiger partial charge in [0.2, 0.25) is 0 Å². The van der Waals surface area contributed by atoms with E-state index < -0.39 is 52.5 Å². The minimum absolute atomic E-state index is 0.333. The first-order chi connectivity index (χ1) is 22.5. The molecule has 18 heteroatoms. The van der Waals surface area contributed by atoms with Gasteiger partial charge in [-0.3, -0.25) is 9.05 Å². The van der Waals surface area contributed by atoms with Gasteiger partial charge in [-0.15, -0.1) is 0 Å². The molecule has 0 radical (unpaired) electrons. The molecule has 0 bridgehead atoms. The van der Waals surface area contributed by atoms with Gasteiger partial charge in [-0.1, -0.05) is 72.8 Å². The predicted octanol–water partition coefficient (Wildman–Crippen LogP) is 10.1. The summed E-state index contributed by atoms with van der Waals surface area (Å²) in [6, 6.07) is 25.8. The molecule has 4 aromatic carbocycles. The van der Waals surface area contributed by atoms with Gasteiger partial charge in [0.15, 0.2) is 0 Å². The van der Waals surface area contributed by atoms with Crippen LogP contribution in [0.2, 0.25) is 0 Å². The molecule has 0 aliphatic rings. The molecule has 0 fully saturated rings. The number of para-hydroxylation sites is 4. The maximum absolute atomic E-state index is 14.8. The number of alkyl halides is 8. The van der Waals surface area contributed by atoms with Crippen molar-refractivity contribution in [3.05, 3.63) is 121 Å². The van der Waals surface area contributed by atoms with Gasteiger partial charge in [0.25, 0.3) is 0 Å². The van der Waals surface area contributed by atoms with E-state index in [1.165, 1.54) is 72.8 Å². The van der Waals surface area contributed by atoms with E-state index in [9.17, 15) is 44.3 Å². The Morgan fingerprint density at radius 3 is 0.812 bits per heavy atom. The zero-order valence-corrected chi connectivity index (χ0v) is 25.9. The molecule has 4 aromatic rings. The zero-order valence-electron chi connectivity index (χ0n) is 24.1. The van der Waals surface area contributed by atoms with Crippen LogP contribution < -0.4 is 18.1 Å². The first kappa shape index (κ1) is 36.7. The van der Waals surface area contributed by atoms with Crippen molar-refractivity contribution in [2.24, 2.45) is 0 Å². The second-order valence-electron chi connectivity index (χ2n) is 9.62. The van der Waals surface area contributed by atoms with Crippen LogP contribution in [0.3, 0.4) is 0 Å². The van der Waals surface area contributed by atoms with Gasteiger partial charge >= 0.3 is 39.3 Å².